The van der Waals surface area contributed by atoms with Crippen molar-refractivity contribution in [1.82, 2.24) is 21.1 Å². The molecule has 1 aliphatic carbocycles. The van der Waals surface area contributed by atoms with Gasteiger partial charge in [0, 0.05) is 18.6 Å². The second kappa shape index (κ2) is 8.25. The highest BCUT2D eigenvalue weighted by Gasteiger charge is 2.36. The van der Waals surface area contributed by atoms with Crippen LogP contribution >= 0.6 is 0 Å². The van der Waals surface area contributed by atoms with Crippen LogP contribution in [-0.2, 0) is 4.79 Å². The van der Waals surface area contributed by atoms with Crippen LogP contribution in [0.2, 0.25) is 0 Å². The summed E-state index contributed by atoms with van der Waals surface area (Å²) in [5.74, 6) is 0.157. The molecule has 0 bridgehead atoms. The first kappa shape index (κ1) is 18.3. The van der Waals surface area contributed by atoms with Gasteiger partial charge in [-0.3, -0.25) is 20.5 Å². The van der Waals surface area contributed by atoms with E-state index < -0.39 is 6.04 Å². The summed E-state index contributed by atoms with van der Waals surface area (Å²) in [7, 11) is 3.68. The summed E-state index contributed by atoms with van der Waals surface area (Å²) in [6.07, 6.45) is 6.24. The molecule has 1 aromatic carbocycles. The predicted octanol–water partition coefficient (Wildman–Crippen LogP) is 1.97. The normalized spacial score (nSPS) is 27.6. The van der Waals surface area contributed by atoms with E-state index in [9.17, 15) is 9.18 Å². The maximum absolute atomic E-state index is 13.5. The quantitative estimate of drug-likeness (QED) is 0.762. The summed E-state index contributed by atoms with van der Waals surface area (Å²) < 4.78 is 13.5. The third-order valence-electron chi connectivity index (χ3n) is 5.47. The fourth-order valence-electron chi connectivity index (χ4n) is 4.19. The molecule has 138 valence electrons. The van der Waals surface area contributed by atoms with E-state index in [1.165, 1.54) is 44.2 Å². The summed E-state index contributed by atoms with van der Waals surface area (Å²) in [4.78, 5) is 14.6. The van der Waals surface area contributed by atoms with Gasteiger partial charge in [-0.2, -0.15) is 0 Å². The molecule has 1 aliphatic heterocycles. The van der Waals surface area contributed by atoms with E-state index >= 15 is 0 Å². The Morgan fingerprint density at radius 3 is 2.84 bits per heavy atom. The Hall–Kier alpha value is -1.50. The highest BCUT2D eigenvalue weighted by Crippen LogP contribution is 2.29. The van der Waals surface area contributed by atoms with Gasteiger partial charge in [0.2, 0.25) is 5.91 Å². The molecular weight excluding hydrogens is 319 g/mol. The van der Waals surface area contributed by atoms with E-state index in [2.05, 4.69) is 16.2 Å². The van der Waals surface area contributed by atoms with Crippen LogP contribution in [0.1, 0.15) is 43.7 Å². The fraction of sp³-hybridized carbons (Fsp3) is 0.632. The topological polar surface area (TPSA) is 56.4 Å². The second-order valence-corrected chi connectivity index (χ2v) is 7.47. The molecule has 1 aromatic rings. The van der Waals surface area contributed by atoms with Gasteiger partial charge in [0.25, 0.3) is 0 Å². The first-order chi connectivity index (χ1) is 12.1. The molecule has 0 aromatic heterocycles. The Kier molecular flexibility index (Phi) is 6.04. The van der Waals surface area contributed by atoms with Gasteiger partial charge in [0.05, 0.1) is 0 Å². The van der Waals surface area contributed by atoms with Crippen LogP contribution in [0.5, 0.6) is 0 Å². The lowest BCUT2D eigenvalue weighted by atomic mass is 9.90. The second-order valence-electron chi connectivity index (χ2n) is 7.47. The maximum atomic E-state index is 13.5. The number of rotatable bonds is 5. The number of halogens is 1. The van der Waals surface area contributed by atoms with E-state index in [0.717, 1.165) is 0 Å². The smallest absolute Gasteiger partial charge is 0.242 e. The number of nitrogens with one attached hydrogen (secondary N) is 3. The number of nitrogens with zero attached hydrogens (tertiary/aromatic N) is 1. The number of fused-ring (bicyclic) bond motifs is 1. The number of carbonyl (C=O) groups is 1. The van der Waals surface area contributed by atoms with Gasteiger partial charge in [0.1, 0.15) is 11.9 Å². The zero-order valence-corrected chi connectivity index (χ0v) is 15.1. The van der Waals surface area contributed by atoms with Crippen LogP contribution in [0.15, 0.2) is 24.3 Å². The van der Waals surface area contributed by atoms with Gasteiger partial charge >= 0.3 is 0 Å². The van der Waals surface area contributed by atoms with E-state index in [-0.39, 0.29) is 17.8 Å². The van der Waals surface area contributed by atoms with Crippen molar-refractivity contribution in [2.45, 2.75) is 50.2 Å². The number of likely N-dealkylation sites (N-methyl/N-ethyl adjacent to an activating group) is 1. The molecule has 4 atom stereocenters. The van der Waals surface area contributed by atoms with Gasteiger partial charge in [-0.05, 0) is 50.6 Å². The first-order valence-corrected chi connectivity index (χ1v) is 9.27. The number of hydrazine groups is 1. The number of amides is 1. The Morgan fingerprint density at radius 2 is 2.08 bits per heavy atom. The van der Waals surface area contributed by atoms with E-state index in [4.69, 9.17) is 0 Å². The van der Waals surface area contributed by atoms with Crippen LogP contribution in [0, 0.1) is 11.7 Å². The molecule has 0 spiro atoms. The predicted molar refractivity (Wildman–Crippen MR) is 96.3 cm³/mol. The van der Waals surface area contributed by atoms with Gasteiger partial charge in [-0.1, -0.05) is 31.4 Å². The summed E-state index contributed by atoms with van der Waals surface area (Å²) in [6.45, 7) is 0.590. The largest absolute Gasteiger partial charge is 0.353 e. The van der Waals surface area contributed by atoms with Crippen LogP contribution < -0.4 is 16.2 Å². The van der Waals surface area contributed by atoms with Crippen molar-refractivity contribution in [2.75, 3.05) is 20.6 Å². The number of hydrogen-bond acceptors (Lipinski definition) is 4. The minimum absolute atomic E-state index is 0.0885. The molecule has 3 N–H and O–H groups in total. The molecule has 2 fully saturated rings. The molecule has 1 heterocycles. The number of benzene rings is 1. The van der Waals surface area contributed by atoms with Crippen molar-refractivity contribution in [1.29, 1.82) is 0 Å². The molecule has 1 amide bonds. The van der Waals surface area contributed by atoms with Crippen molar-refractivity contribution >= 4 is 5.91 Å². The fourth-order valence-corrected chi connectivity index (χ4v) is 4.19. The monoisotopic (exact) mass is 348 g/mol. The minimum Gasteiger partial charge on any atom is -0.353 e. The highest BCUT2D eigenvalue weighted by atomic mass is 19.1. The van der Waals surface area contributed by atoms with Crippen LogP contribution in [-0.4, -0.2) is 43.5 Å². The molecule has 0 radical (unpaired) electrons. The van der Waals surface area contributed by atoms with Crippen molar-refractivity contribution < 1.29 is 9.18 Å². The van der Waals surface area contributed by atoms with Crippen molar-refractivity contribution in [2.24, 2.45) is 5.92 Å². The van der Waals surface area contributed by atoms with Crippen molar-refractivity contribution in [3.63, 3.8) is 0 Å². The Labute approximate surface area is 149 Å². The summed E-state index contributed by atoms with van der Waals surface area (Å²) in [5.41, 5.74) is 7.44. The molecule has 3 rings (SSSR count). The van der Waals surface area contributed by atoms with Gasteiger partial charge in [-0.25, -0.2) is 4.39 Å². The van der Waals surface area contributed by atoms with Gasteiger partial charge < -0.3 is 5.32 Å². The number of hydrogen-bond donors (Lipinski definition) is 3. The average molecular weight is 348 g/mol. The van der Waals surface area contributed by atoms with Crippen molar-refractivity contribution in [3.8, 4) is 0 Å². The summed E-state index contributed by atoms with van der Waals surface area (Å²) >= 11 is 0. The SMILES string of the molecule is CN(C)C(C(=O)NCC1NNC2CCCCCC21)c1cccc(F)c1. The zero-order valence-electron chi connectivity index (χ0n) is 15.1. The third kappa shape index (κ3) is 4.37. The van der Waals surface area contributed by atoms with E-state index in [1.807, 2.05) is 19.0 Å². The standard InChI is InChI=1S/C19H29FN4O/c1-24(2)18(13-7-6-8-14(20)11-13)19(25)21-12-17-15-9-4-3-5-10-16(15)22-23-17/h6-8,11,15-18,22-23H,3-5,9-10,12H2,1-2H3,(H,21,25). The van der Waals surface area contributed by atoms with Crippen molar-refractivity contribution in [3.05, 3.63) is 35.6 Å². The molecule has 1 saturated heterocycles. The Balaban J connectivity index is 1.62. The molecule has 2 aliphatic rings. The molecule has 1 saturated carbocycles. The Morgan fingerprint density at radius 1 is 1.28 bits per heavy atom. The van der Waals surface area contributed by atoms with Crippen LogP contribution in [0.4, 0.5) is 4.39 Å². The van der Waals surface area contributed by atoms with Gasteiger partial charge in [0.15, 0.2) is 0 Å². The molecule has 6 heteroatoms. The molecular formula is C19H29FN4O. The molecule has 5 nitrogen and oxygen atoms in total. The van der Waals surface area contributed by atoms with Crippen LogP contribution in [0.3, 0.4) is 0 Å². The minimum atomic E-state index is -0.491. The van der Waals surface area contributed by atoms with Crippen LogP contribution in [0.25, 0.3) is 0 Å². The highest BCUT2D eigenvalue weighted by molar-refractivity contribution is 5.83. The molecule has 4 unspecified atom stereocenters. The third-order valence-corrected chi connectivity index (χ3v) is 5.47. The Bertz CT molecular complexity index is 595. The summed E-state index contributed by atoms with van der Waals surface area (Å²) in [6, 6.07) is 6.54. The lowest BCUT2D eigenvalue weighted by Gasteiger charge is -2.26. The van der Waals surface area contributed by atoms with E-state index in [0.29, 0.717) is 24.1 Å². The summed E-state index contributed by atoms with van der Waals surface area (Å²) in [5, 5.41) is 3.07. The lowest BCUT2D eigenvalue weighted by molar-refractivity contribution is -0.125. The zero-order chi connectivity index (χ0) is 17.8. The lowest BCUT2D eigenvalue weighted by Crippen LogP contribution is -2.45. The van der Waals surface area contributed by atoms with Gasteiger partial charge in [-0.15, -0.1) is 0 Å². The number of carbonyl (C=O) groups excluding carboxylic acids is 1. The van der Waals surface area contributed by atoms with E-state index in [1.54, 1.807) is 12.1 Å². The average Bonchev–Trinajstić information content (AvgIpc) is 2.79. The molecule has 25 heavy (non-hydrogen) atoms. The maximum Gasteiger partial charge on any atom is 0.242 e. The first-order valence-electron chi connectivity index (χ1n) is 9.27.